The molecular formula is C18H16BrN3O3. The molecule has 0 radical (unpaired) electrons. The van der Waals surface area contributed by atoms with E-state index in [1.165, 1.54) is 10.6 Å². The minimum Gasteiger partial charge on any atom is -0.456 e. The number of benzene rings is 1. The first kappa shape index (κ1) is 17.2. The van der Waals surface area contributed by atoms with Crippen LogP contribution in [-0.2, 0) is 29.2 Å². The Hall–Kier alpha value is -2.67. The fourth-order valence-corrected chi connectivity index (χ4v) is 2.74. The number of carbonyl (C=O) groups excluding carboxylic acids is 1. The average molecular weight is 402 g/mol. The number of hydrogen-bond donors (Lipinski definition) is 0. The predicted octanol–water partition coefficient (Wildman–Crippen LogP) is 2.60. The summed E-state index contributed by atoms with van der Waals surface area (Å²) in [7, 11) is 0. The Labute approximate surface area is 152 Å². The van der Waals surface area contributed by atoms with Gasteiger partial charge in [-0.25, -0.2) is 4.98 Å². The quantitative estimate of drug-likeness (QED) is 0.595. The molecule has 0 aliphatic rings. The van der Waals surface area contributed by atoms with Gasteiger partial charge in [0.25, 0.3) is 5.56 Å². The van der Waals surface area contributed by atoms with Gasteiger partial charge in [-0.3, -0.25) is 9.59 Å². The average Bonchev–Trinajstić information content (AvgIpc) is 3.04. The van der Waals surface area contributed by atoms with Crippen molar-refractivity contribution in [1.29, 1.82) is 0 Å². The molecule has 25 heavy (non-hydrogen) atoms. The molecule has 0 spiro atoms. The zero-order chi connectivity index (χ0) is 17.6. The van der Waals surface area contributed by atoms with Gasteiger partial charge < -0.3 is 13.9 Å². The van der Waals surface area contributed by atoms with Gasteiger partial charge in [0.05, 0.1) is 0 Å². The van der Waals surface area contributed by atoms with Crippen LogP contribution in [0.15, 0.2) is 70.3 Å². The molecule has 0 bridgehead atoms. The van der Waals surface area contributed by atoms with Crippen LogP contribution in [-0.4, -0.2) is 20.1 Å². The summed E-state index contributed by atoms with van der Waals surface area (Å²) < 4.78 is 9.21. The Morgan fingerprint density at radius 3 is 2.72 bits per heavy atom. The molecule has 0 aliphatic carbocycles. The SMILES string of the molecule is O=C(Cn1cc(Br)ccc1=O)OCc1nccn1Cc1ccccc1. The summed E-state index contributed by atoms with van der Waals surface area (Å²) in [6.07, 6.45) is 5.07. The first-order valence-electron chi connectivity index (χ1n) is 7.67. The van der Waals surface area contributed by atoms with Gasteiger partial charge in [-0.05, 0) is 27.6 Å². The van der Waals surface area contributed by atoms with Gasteiger partial charge in [0, 0.05) is 35.7 Å². The van der Waals surface area contributed by atoms with Crippen molar-refractivity contribution in [2.24, 2.45) is 0 Å². The number of pyridine rings is 1. The van der Waals surface area contributed by atoms with Crippen molar-refractivity contribution in [3.8, 4) is 0 Å². The van der Waals surface area contributed by atoms with Crippen LogP contribution in [0.2, 0.25) is 0 Å². The second-order valence-electron chi connectivity index (χ2n) is 5.43. The molecule has 0 fully saturated rings. The van der Waals surface area contributed by atoms with Crippen molar-refractivity contribution in [2.75, 3.05) is 0 Å². The highest BCUT2D eigenvalue weighted by Gasteiger charge is 2.10. The summed E-state index contributed by atoms with van der Waals surface area (Å²) in [4.78, 5) is 28.0. The molecule has 128 valence electrons. The van der Waals surface area contributed by atoms with Crippen LogP contribution >= 0.6 is 15.9 Å². The van der Waals surface area contributed by atoms with Crippen LogP contribution in [0.4, 0.5) is 0 Å². The van der Waals surface area contributed by atoms with Crippen LogP contribution in [0, 0.1) is 0 Å². The largest absolute Gasteiger partial charge is 0.456 e. The van der Waals surface area contributed by atoms with E-state index in [4.69, 9.17) is 4.74 Å². The lowest BCUT2D eigenvalue weighted by molar-refractivity contribution is -0.146. The Morgan fingerprint density at radius 2 is 1.92 bits per heavy atom. The van der Waals surface area contributed by atoms with Crippen LogP contribution in [0.3, 0.4) is 0 Å². The van der Waals surface area contributed by atoms with E-state index in [-0.39, 0.29) is 18.7 Å². The van der Waals surface area contributed by atoms with Crippen LogP contribution in [0.25, 0.3) is 0 Å². The maximum absolute atomic E-state index is 12.0. The Balaban J connectivity index is 1.60. The zero-order valence-corrected chi connectivity index (χ0v) is 14.9. The lowest BCUT2D eigenvalue weighted by atomic mass is 10.2. The lowest BCUT2D eigenvalue weighted by Gasteiger charge is -2.10. The van der Waals surface area contributed by atoms with E-state index in [2.05, 4.69) is 20.9 Å². The standard InChI is InChI=1S/C18H16BrN3O3/c19-15-6-7-17(23)22(11-15)12-18(24)25-13-16-20-8-9-21(16)10-14-4-2-1-3-5-14/h1-9,11H,10,12-13H2. The Kier molecular flexibility index (Phi) is 5.45. The highest BCUT2D eigenvalue weighted by Crippen LogP contribution is 2.08. The third-order valence-corrected chi connectivity index (χ3v) is 4.08. The number of aromatic nitrogens is 3. The van der Waals surface area contributed by atoms with E-state index >= 15 is 0 Å². The number of imidazole rings is 1. The second kappa shape index (κ2) is 7.94. The molecule has 6 nitrogen and oxygen atoms in total. The maximum Gasteiger partial charge on any atom is 0.326 e. The highest BCUT2D eigenvalue weighted by atomic mass is 79.9. The maximum atomic E-state index is 12.0. The third-order valence-electron chi connectivity index (χ3n) is 3.61. The fraction of sp³-hybridized carbons (Fsp3) is 0.167. The zero-order valence-electron chi connectivity index (χ0n) is 13.3. The molecule has 2 heterocycles. The second-order valence-corrected chi connectivity index (χ2v) is 6.35. The molecule has 0 N–H and O–H groups in total. The molecule has 0 saturated carbocycles. The molecule has 0 atom stereocenters. The summed E-state index contributed by atoms with van der Waals surface area (Å²) in [6.45, 7) is 0.567. The topological polar surface area (TPSA) is 66.1 Å². The number of halogens is 1. The number of carbonyl (C=O) groups is 1. The van der Waals surface area contributed by atoms with Crippen LogP contribution in [0.5, 0.6) is 0 Å². The van der Waals surface area contributed by atoms with Crippen molar-refractivity contribution in [3.63, 3.8) is 0 Å². The van der Waals surface area contributed by atoms with Crippen molar-refractivity contribution in [2.45, 2.75) is 19.7 Å². The first-order valence-corrected chi connectivity index (χ1v) is 8.46. The van der Waals surface area contributed by atoms with Gasteiger partial charge in [0.15, 0.2) is 0 Å². The predicted molar refractivity (Wildman–Crippen MR) is 96.0 cm³/mol. The van der Waals surface area contributed by atoms with Crippen molar-refractivity contribution < 1.29 is 9.53 Å². The Bertz CT molecular complexity index is 919. The fourth-order valence-electron chi connectivity index (χ4n) is 2.36. The molecule has 0 amide bonds. The van der Waals surface area contributed by atoms with Crippen LogP contribution < -0.4 is 5.56 Å². The summed E-state index contributed by atoms with van der Waals surface area (Å²) >= 11 is 3.27. The van der Waals surface area contributed by atoms with E-state index in [0.717, 1.165) is 10.0 Å². The van der Waals surface area contributed by atoms with Crippen molar-refractivity contribution in [1.82, 2.24) is 14.1 Å². The highest BCUT2D eigenvalue weighted by molar-refractivity contribution is 9.10. The van der Waals surface area contributed by atoms with Crippen molar-refractivity contribution >= 4 is 21.9 Å². The minimum absolute atomic E-state index is 0.0570. The molecule has 3 rings (SSSR count). The van der Waals surface area contributed by atoms with Gasteiger partial charge in [-0.1, -0.05) is 30.3 Å². The summed E-state index contributed by atoms with van der Waals surface area (Å²) in [6, 6.07) is 13.0. The van der Waals surface area contributed by atoms with Gasteiger partial charge in [-0.2, -0.15) is 0 Å². The van der Waals surface area contributed by atoms with Crippen LogP contribution in [0.1, 0.15) is 11.4 Å². The molecule has 3 aromatic rings. The van der Waals surface area contributed by atoms with E-state index < -0.39 is 5.97 Å². The van der Waals surface area contributed by atoms with Crippen molar-refractivity contribution in [3.05, 3.63) is 87.3 Å². The van der Waals surface area contributed by atoms with Gasteiger partial charge in [0.1, 0.15) is 19.0 Å². The van der Waals surface area contributed by atoms with E-state index in [1.807, 2.05) is 41.1 Å². The molecule has 0 aliphatic heterocycles. The molecule has 1 aromatic carbocycles. The molecule has 0 unspecified atom stereocenters. The number of ether oxygens (including phenoxy) is 1. The van der Waals surface area contributed by atoms with E-state index in [0.29, 0.717) is 12.4 Å². The molecular weight excluding hydrogens is 386 g/mol. The monoisotopic (exact) mass is 401 g/mol. The van der Waals surface area contributed by atoms with E-state index in [9.17, 15) is 9.59 Å². The molecule has 7 heteroatoms. The lowest BCUT2D eigenvalue weighted by Crippen LogP contribution is -2.24. The van der Waals surface area contributed by atoms with Gasteiger partial charge >= 0.3 is 5.97 Å². The van der Waals surface area contributed by atoms with Gasteiger partial charge in [-0.15, -0.1) is 0 Å². The minimum atomic E-state index is -0.491. The number of rotatable bonds is 6. The normalized spacial score (nSPS) is 10.6. The third kappa shape index (κ3) is 4.67. The number of nitrogens with zero attached hydrogens (tertiary/aromatic N) is 3. The van der Waals surface area contributed by atoms with Gasteiger partial charge in [0.2, 0.25) is 0 Å². The summed E-state index contributed by atoms with van der Waals surface area (Å²) in [5.41, 5.74) is 0.875. The molecule has 2 aromatic heterocycles. The van der Waals surface area contributed by atoms with E-state index in [1.54, 1.807) is 18.5 Å². The smallest absolute Gasteiger partial charge is 0.326 e. The molecule has 0 saturated heterocycles. The Morgan fingerprint density at radius 1 is 1.12 bits per heavy atom. The summed E-state index contributed by atoms with van der Waals surface area (Å²) in [5, 5.41) is 0. The summed E-state index contributed by atoms with van der Waals surface area (Å²) in [5.74, 6) is 0.160. The number of esters is 1. The number of hydrogen-bond acceptors (Lipinski definition) is 4. The first-order chi connectivity index (χ1) is 12.1.